The summed E-state index contributed by atoms with van der Waals surface area (Å²) in [5, 5.41) is 8.88. The molecule has 0 amide bonds. The number of nitrogens with zero attached hydrogens (tertiary/aromatic N) is 3. The van der Waals surface area contributed by atoms with Crippen LogP contribution in [0.2, 0.25) is 0 Å². The van der Waals surface area contributed by atoms with Crippen molar-refractivity contribution >= 4 is 0 Å². The van der Waals surface area contributed by atoms with Crippen molar-refractivity contribution in [3.8, 4) is 0 Å². The number of halogens is 2. The van der Waals surface area contributed by atoms with Crippen LogP contribution < -0.4 is 37.3 Å². The number of aliphatic hydroxyl groups is 1. The van der Waals surface area contributed by atoms with Gasteiger partial charge >= 0.3 is 19.5 Å². The Balaban J connectivity index is -0.000000512. The fraction of sp³-hybridized carbons (Fsp3) is 0.643. The molecule has 1 aromatic rings. The molecular weight excluding hydrogens is 490 g/mol. The summed E-state index contributed by atoms with van der Waals surface area (Å²) in [6.07, 6.45) is 0. The van der Waals surface area contributed by atoms with Crippen molar-refractivity contribution < 1.29 is 82.3 Å². The molecule has 15 heteroatoms. The summed E-state index contributed by atoms with van der Waals surface area (Å²) in [6, 6.07) is 6.18. The van der Waals surface area contributed by atoms with Crippen molar-refractivity contribution in [2.45, 2.75) is 26.9 Å². The first-order chi connectivity index (χ1) is 12.7. The van der Waals surface area contributed by atoms with Crippen LogP contribution in [0.4, 0.5) is 0 Å². The van der Waals surface area contributed by atoms with E-state index in [-0.39, 0.29) is 26.1 Å². The van der Waals surface area contributed by atoms with E-state index in [1.807, 2.05) is 13.1 Å². The summed E-state index contributed by atoms with van der Waals surface area (Å²) < 4.78 is 67.9. The molecule has 0 spiro atoms. The van der Waals surface area contributed by atoms with E-state index in [9.17, 15) is 0 Å². The summed E-state index contributed by atoms with van der Waals surface area (Å²) in [5.41, 5.74) is 2.18. The van der Waals surface area contributed by atoms with Crippen LogP contribution in [0.5, 0.6) is 0 Å². The number of likely N-dealkylation sites (N-methyl/N-ethyl adjacent to an activating group) is 1. The van der Waals surface area contributed by atoms with E-state index in [0.29, 0.717) is 6.54 Å². The molecule has 0 aliphatic heterocycles. The second kappa shape index (κ2) is 17.6. The summed E-state index contributed by atoms with van der Waals surface area (Å²) in [7, 11) is -7.89. The van der Waals surface area contributed by atoms with Crippen LogP contribution in [0.3, 0.4) is 0 Å². The number of rotatable bonds is 8. The predicted octanol–water partition coefficient (Wildman–Crippen LogP) is -8.17. The van der Waals surface area contributed by atoms with E-state index in [1.54, 1.807) is 0 Å². The van der Waals surface area contributed by atoms with E-state index < -0.39 is 20.5 Å². The van der Waals surface area contributed by atoms with E-state index in [1.165, 1.54) is 0 Å². The summed E-state index contributed by atoms with van der Waals surface area (Å²) in [5.74, 6) is 0. The molecule has 12 nitrogen and oxygen atoms in total. The Labute approximate surface area is 186 Å². The van der Waals surface area contributed by atoms with Crippen molar-refractivity contribution in [1.29, 1.82) is 0 Å². The second-order valence-electron chi connectivity index (χ2n) is 5.30. The maximum absolute atomic E-state index is 8.88. The largest absolute Gasteiger partial charge is 2.00 e. The van der Waals surface area contributed by atoms with Gasteiger partial charge in [0.1, 0.15) is 0 Å². The number of pyridine rings is 1. The molecule has 0 fully saturated rings. The van der Waals surface area contributed by atoms with Crippen molar-refractivity contribution in [2.24, 2.45) is 0 Å². The first-order valence-electron chi connectivity index (χ1n) is 7.89. The van der Waals surface area contributed by atoms with E-state index in [4.69, 9.17) is 42.4 Å². The average Bonchev–Trinajstić information content (AvgIpc) is 2.50. The van der Waals surface area contributed by atoms with E-state index in [0.717, 1.165) is 37.6 Å². The quantitative estimate of drug-likeness (QED) is 0.318. The van der Waals surface area contributed by atoms with Crippen LogP contribution in [-0.2, 0) is 32.6 Å². The molecule has 1 N–H and O–H groups in total. The number of hydrogen-bond donors (Lipinski definition) is 1. The van der Waals surface area contributed by atoms with Gasteiger partial charge in [0.25, 0.3) is 0 Å². The molecule has 166 valence electrons. The van der Waals surface area contributed by atoms with Crippen molar-refractivity contribution in [3.63, 3.8) is 0 Å². The molecule has 29 heavy (non-hydrogen) atoms. The molecule has 0 unspecified atom stereocenters. The van der Waals surface area contributed by atoms with Gasteiger partial charge in [0.15, 0.2) is 0 Å². The number of aliphatic hydroxyl groups excluding tert-OH is 1. The SMILES string of the molecule is CCN(CC)Cc1cccc(CN(C)CCO)n1.[O-][Cl+3]([O-])([O-])[O-].[O-][Cl+3]([O-])([O-])[O-].[Zn+2]. The molecule has 0 aliphatic carbocycles. The maximum Gasteiger partial charge on any atom is 2.00 e. The third-order valence-corrected chi connectivity index (χ3v) is 3.06. The second-order valence-corrected chi connectivity index (χ2v) is 6.81. The van der Waals surface area contributed by atoms with Gasteiger partial charge in [0.2, 0.25) is 0 Å². The van der Waals surface area contributed by atoms with E-state index >= 15 is 0 Å². The van der Waals surface area contributed by atoms with Crippen LogP contribution in [-0.4, -0.2) is 53.2 Å². The molecular formula is C14H25Cl2N3O9Zn. The Morgan fingerprint density at radius 2 is 1.24 bits per heavy atom. The Kier molecular flexibility index (Phi) is 20.3. The molecule has 0 bridgehead atoms. The minimum Gasteiger partial charge on any atom is -0.395 e. The van der Waals surface area contributed by atoms with Crippen LogP contribution in [0.1, 0.15) is 25.2 Å². The third kappa shape index (κ3) is 30.2. The first-order valence-corrected chi connectivity index (χ1v) is 10.4. The smallest absolute Gasteiger partial charge is 0.395 e. The van der Waals surface area contributed by atoms with E-state index in [2.05, 4.69) is 40.8 Å². The normalized spacial score (nSPS) is 11.2. The average molecular weight is 516 g/mol. The Morgan fingerprint density at radius 3 is 1.59 bits per heavy atom. The zero-order valence-electron chi connectivity index (χ0n) is 16.5. The molecule has 1 aromatic heterocycles. The Hall–Kier alpha value is -0.0866. The van der Waals surface area contributed by atoms with Crippen LogP contribution in [0.25, 0.3) is 0 Å². The van der Waals surface area contributed by atoms with Gasteiger partial charge in [-0.1, -0.05) is 19.9 Å². The van der Waals surface area contributed by atoms with Gasteiger partial charge in [0, 0.05) is 19.6 Å². The third-order valence-electron chi connectivity index (χ3n) is 3.06. The molecule has 1 heterocycles. The van der Waals surface area contributed by atoms with Crippen molar-refractivity contribution in [3.05, 3.63) is 29.6 Å². The summed E-state index contributed by atoms with van der Waals surface area (Å²) in [6.45, 7) is 9.00. The number of aromatic nitrogens is 1. The van der Waals surface area contributed by atoms with Gasteiger partial charge in [0.05, 0.1) is 18.0 Å². The molecule has 0 saturated carbocycles. The minimum absolute atomic E-state index is 0. The Bertz CT molecular complexity index is 494. The standard InChI is InChI=1S/C14H25N3O.2ClHO4.Zn/c1-4-17(5-2)12-14-8-6-7-13(15-14)11-16(3)9-10-18;2*2-1(3,4)5;/h6-8,18H,4-5,9-12H2,1-3H3;2*(H,2,3,4,5);/q;;;+2/p-2. The van der Waals surface area contributed by atoms with Gasteiger partial charge in [-0.25, -0.2) is 37.3 Å². The summed E-state index contributed by atoms with van der Waals surface area (Å²) in [4.78, 5) is 9.09. The molecule has 0 atom stereocenters. The fourth-order valence-electron chi connectivity index (χ4n) is 1.91. The van der Waals surface area contributed by atoms with Crippen molar-refractivity contribution in [2.75, 3.05) is 33.3 Å². The molecule has 0 aliphatic rings. The molecule has 0 radical (unpaired) electrons. The summed E-state index contributed by atoms with van der Waals surface area (Å²) >= 11 is 0. The van der Waals surface area contributed by atoms with Gasteiger partial charge < -0.3 is 5.11 Å². The Morgan fingerprint density at radius 1 is 0.862 bits per heavy atom. The zero-order valence-corrected chi connectivity index (χ0v) is 21.0. The van der Waals surface area contributed by atoms with Gasteiger partial charge in [-0.2, -0.15) is 0 Å². The fourth-order valence-corrected chi connectivity index (χ4v) is 1.91. The maximum atomic E-state index is 8.88. The number of hydrogen-bond acceptors (Lipinski definition) is 12. The van der Waals surface area contributed by atoms with Crippen LogP contribution in [0, 0.1) is 20.5 Å². The predicted molar refractivity (Wildman–Crippen MR) is 74.3 cm³/mol. The zero-order chi connectivity index (χ0) is 22.4. The molecule has 0 aromatic carbocycles. The van der Waals surface area contributed by atoms with Crippen LogP contribution in [0.15, 0.2) is 18.2 Å². The van der Waals surface area contributed by atoms with Crippen LogP contribution >= 0.6 is 0 Å². The monoisotopic (exact) mass is 513 g/mol. The van der Waals surface area contributed by atoms with Crippen molar-refractivity contribution in [1.82, 2.24) is 14.8 Å². The van der Waals surface area contributed by atoms with Gasteiger partial charge in [-0.15, -0.1) is 20.5 Å². The molecule has 1 rings (SSSR count). The van der Waals surface area contributed by atoms with Gasteiger partial charge in [-0.3, -0.25) is 14.8 Å². The first kappa shape index (κ1) is 33.5. The van der Waals surface area contributed by atoms with Gasteiger partial charge in [-0.05, 0) is 32.3 Å². The minimum atomic E-state index is -4.94. The topological polar surface area (TPSA) is 224 Å². The molecule has 0 saturated heterocycles.